The van der Waals surface area contributed by atoms with Crippen LogP contribution in [0.4, 0.5) is 0 Å². The lowest BCUT2D eigenvalue weighted by molar-refractivity contribution is 0.0600. The van der Waals surface area contributed by atoms with Gasteiger partial charge in [-0.3, -0.25) is 4.79 Å². The van der Waals surface area contributed by atoms with Gasteiger partial charge in [0.05, 0.1) is 23.9 Å². The fourth-order valence-corrected chi connectivity index (χ4v) is 2.84. The number of hydrogen-bond donors (Lipinski definition) is 0. The van der Waals surface area contributed by atoms with E-state index in [1.165, 1.54) is 7.11 Å². The third-order valence-electron chi connectivity index (χ3n) is 3.41. The van der Waals surface area contributed by atoms with Gasteiger partial charge in [0.15, 0.2) is 0 Å². The molecule has 110 valence electrons. The number of ether oxygens (including phenoxy) is 1. The third kappa shape index (κ3) is 2.44. The smallest absolute Gasteiger partial charge is 0.337 e. The van der Waals surface area contributed by atoms with Crippen molar-refractivity contribution in [3.8, 4) is 0 Å². The normalized spacial score (nSPS) is 10.6. The van der Waals surface area contributed by atoms with E-state index < -0.39 is 5.97 Å². The molecule has 0 aliphatic heterocycles. The van der Waals surface area contributed by atoms with Crippen LogP contribution in [0.25, 0.3) is 5.52 Å². The Labute approximate surface area is 135 Å². The van der Waals surface area contributed by atoms with E-state index in [-0.39, 0.29) is 5.78 Å². The second kappa shape index (κ2) is 5.77. The van der Waals surface area contributed by atoms with Crippen molar-refractivity contribution in [1.29, 1.82) is 0 Å². The second-order valence-electron chi connectivity index (χ2n) is 4.73. The van der Waals surface area contributed by atoms with Gasteiger partial charge in [0.1, 0.15) is 0 Å². The molecule has 4 nitrogen and oxygen atoms in total. The van der Waals surface area contributed by atoms with Crippen molar-refractivity contribution in [2.45, 2.75) is 0 Å². The molecule has 22 heavy (non-hydrogen) atoms. The number of methoxy groups -OCH3 is 1. The van der Waals surface area contributed by atoms with E-state index in [1.54, 1.807) is 40.9 Å². The summed E-state index contributed by atoms with van der Waals surface area (Å²) in [7, 11) is 1.34. The van der Waals surface area contributed by atoms with E-state index in [9.17, 15) is 9.59 Å². The van der Waals surface area contributed by atoms with E-state index in [0.717, 1.165) is 9.99 Å². The van der Waals surface area contributed by atoms with Gasteiger partial charge in [0, 0.05) is 16.2 Å². The van der Waals surface area contributed by atoms with Crippen LogP contribution in [0.3, 0.4) is 0 Å². The van der Waals surface area contributed by atoms with Gasteiger partial charge in [-0.1, -0.05) is 30.3 Å². The molecule has 0 atom stereocenters. The molecule has 0 fully saturated rings. The number of aromatic nitrogens is 1. The maximum Gasteiger partial charge on any atom is 0.337 e. The van der Waals surface area contributed by atoms with Crippen LogP contribution >= 0.6 is 15.9 Å². The van der Waals surface area contributed by atoms with E-state index in [0.29, 0.717) is 16.8 Å². The highest BCUT2D eigenvalue weighted by Gasteiger charge is 2.17. The minimum Gasteiger partial charge on any atom is -0.465 e. The van der Waals surface area contributed by atoms with Crippen LogP contribution in [0.2, 0.25) is 0 Å². The lowest BCUT2D eigenvalue weighted by atomic mass is 10.1. The summed E-state index contributed by atoms with van der Waals surface area (Å²) in [6.45, 7) is 0. The molecule has 5 heteroatoms. The van der Waals surface area contributed by atoms with Gasteiger partial charge < -0.3 is 9.14 Å². The molecule has 0 spiro atoms. The monoisotopic (exact) mass is 357 g/mol. The molecule has 3 rings (SSSR count). The van der Waals surface area contributed by atoms with Crippen molar-refractivity contribution in [2.24, 2.45) is 0 Å². The summed E-state index contributed by atoms with van der Waals surface area (Å²) < 4.78 is 7.22. The Morgan fingerprint density at radius 1 is 1.05 bits per heavy atom. The Morgan fingerprint density at radius 2 is 1.77 bits per heavy atom. The zero-order valence-corrected chi connectivity index (χ0v) is 13.3. The van der Waals surface area contributed by atoms with Gasteiger partial charge in [0.25, 0.3) is 0 Å². The number of fused-ring (bicyclic) bond motifs is 1. The number of carbonyl (C=O) groups excluding carboxylic acids is 2. The number of rotatable bonds is 3. The fraction of sp³-hybridized carbons (Fsp3) is 0.0588. The molecule has 1 aromatic carbocycles. The Kier molecular flexibility index (Phi) is 3.81. The lowest BCUT2D eigenvalue weighted by Gasteiger charge is -2.04. The zero-order chi connectivity index (χ0) is 15.7. The average molecular weight is 358 g/mol. The van der Waals surface area contributed by atoms with Crippen molar-refractivity contribution in [3.05, 3.63) is 76.0 Å². The van der Waals surface area contributed by atoms with E-state index in [2.05, 4.69) is 15.9 Å². The molecular formula is C17H12BrNO3. The average Bonchev–Trinajstić information content (AvgIpc) is 2.90. The van der Waals surface area contributed by atoms with Gasteiger partial charge in [-0.2, -0.15) is 0 Å². The summed E-state index contributed by atoms with van der Waals surface area (Å²) in [5, 5.41) is 0. The molecule has 0 N–H and O–H groups in total. The first-order valence-corrected chi connectivity index (χ1v) is 7.40. The summed E-state index contributed by atoms with van der Waals surface area (Å²) in [5.74, 6) is -0.487. The molecule has 0 aliphatic carbocycles. The number of nitrogens with zero attached hydrogens (tertiary/aromatic N) is 1. The number of benzene rings is 1. The highest BCUT2D eigenvalue weighted by molar-refractivity contribution is 9.10. The maximum atomic E-state index is 12.6. The summed E-state index contributed by atoms with van der Waals surface area (Å²) >= 11 is 3.44. The number of pyridine rings is 1. The Morgan fingerprint density at radius 3 is 2.45 bits per heavy atom. The van der Waals surface area contributed by atoms with E-state index in [1.807, 2.05) is 18.2 Å². The SMILES string of the molecule is COC(=O)c1ccn2c(C(=O)c3ccccc3)cc(Br)c2c1. The predicted octanol–water partition coefficient (Wildman–Crippen LogP) is 3.72. The van der Waals surface area contributed by atoms with Gasteiger partial charge in [0.2, 0.25) is 5.78 Å². The van der Waals surface area contributed by atoms with E-state index in [4.69, 9.17) is 4.74 Å². The summed E-state index contributed by atoms with van der Waals surface area (Å²) in [4.78, 5) is 24.2. The number of hydrogen-bond acceptors (Lipinski definition) is 3. The molecule has 0 radical (unpaired) electrons. The highest BCUT2D eigenvalue weighted by Crippen LogP contribution is 2.25. The van der Waals surface area contributed by atoms with Crippen molar-refractivity contribution in [2.75, 3.05) is 7.11 Å². The van der Waals surface area contributed by atoms with Crippen LogP contribution in [0.15, 0.2) is 59.2 Å². The van der Waals surface area contributed by atoms with Crippen molar-refractivity contribution < 1.29 is 14.3 Å². The Bertz CT molecular complexity index is 868. The molecule has 0 bridgehead atoms. The highest BCUT2D eigenvalue weighted by atomic mass is 79.9. The first kappa shape index (κ1) is 14.5. The van der Waals surface area contributed by atoms with Crippen molar-refractivity contribution in [1.82, 2.24) is 4.40 Å². The largest absolute Gasteiger partial charge is 0.465 e. The first-order chi connectivity index (χ1) is 10.6. The number of halogens is 1. The van der Waals surface area contributed by atoms with Crippen LogP contribution in [0, 0.1) is 0 Å². The summed E-state index contributed by atoms with van der Waals surface area (Å²) in [6, 6.07) is 14.2. The van der Waals surface area contributed by atoms with Gasteiger partial charge in [-0.05, 0) is 34.1 Å². The lowest BCUT2D eigenvalue weighted by Crippen LogP contribution is -2.06. The fourth-order valence-electron chi connectivity index (χ4n) is 2.31. The second-order valence-corrected chi connectivity index (χ2v) is 5.59. The Hall–Kier alpha value is -2.40. The van der Waals surface area contributed by atoms with Crippen LogP contribution < -0.4 is 0 Å². The molecule has 2 aromatic heterocycles. The minimum atomic E-state index is -0.411. The van der Waals surface area contributed by atoms with Crippen LogP contribution in [-0.4, -0.2) is 23.3 Å². The molecule has 3 aromatic rings. The van der Waals surface area contributed by atoms with E-state index >= 15 is 0 Å². The summed E-state index contributed by atoms with van der Waals surface area (Å²) in [5.41, 5.74) is 2.32. The van der Waals surface area contributed by atoms with Crippen molar-refractivity contribution in [3.63, 3.8) is 0 Å². The minimum absolute atomic E-state index is 0.0767. The standard InChI is InChI=1S/C17H12BrNO3/c1-22-17(21)12-7-8-19-14(9-12)13(18)10-15(19)16(20)11-5-3-2-4-6-11/h2-10H,1H3. The van der Waals surface area contributed by atoms with Gasteiger partial charge in [-0.25, -0.2) is 4.79 Å². The predicted molar refractivity (Wildman–Crippen MR) is 86.3 cm³/mol. The molecule has 0 amide bonds. The van der Waals surface area contributed by atoms with Gasteiger partial charge >= 0.3 is 5.97 Å². The third-order valence-corrected chi connectivity index (χ3v) is 4.05. The van der Waals surface area contributed by atoms with Gasteiger partial charge in [-0.15, -0.1) is 0 Å². The van der Waals surface area contributed by atoms with Crippen LogP contribution in [0.5, 0.6) is 0 Å². The molecule has 0 aliphatic rings. The Balaban J connectivity index is 2.13. The number of ketones is 1. The number of esters is 1. The molecule has 0 unspecified atom stereocenters. The first-order valence-electron chi connectivity index (χ1n) is 6.60. The summed E-state index contributed by atoms with van der Waals surface area (Å²) in [6.07, 6.45) is 1.70. The quantitative estimate of drug-likeness (QED) is 0.530. The molecule has 0 saturated carbocycles. The zero-order valence-electron chi connectivity index (χ0n) is 11.7. The molecular weight excluding hydrogens is 346 g/mol. The van der Waals surface area contributed by atoms with Crippen molar-refractivity contribution >= 4 is 33.2 Å². The van der Waals surface area contributed by atoms with Crippen LogP contribution in [-0.2, 0) is 4.74 Å². The maximum absolute atomic E-state index is 12.6. The topological polar surface area (TPSA) is 47.8 Å². The number of carbonyl (C=O) groups is 2. The van der Waals surface area contributed by atoms with Crippen LogP contribution in [0.1, 0.15) is 26.4 Å². The molecule has 0 saturated heterocycles. The molecule has 2 heterocycles.